The molecule has 21 heavy (non-hydrogen) atoms. The van der Waals surface area contributed by atoms with E-state index in [1.54, 1.807) is 0 Å². The van der Waals surface area contributed by atoms with Gasteiger partial charge in [-0.25, -0.2) is 9.67 Å². The normalized spacial score (nSPS) is 14.9. The lowest BCUT2D eigenvalue weighted by atomic mass is 10.2. The molecule has 0 aromatic carbocycles. The summed E-state index contributed by atoms with van der Waals surface area (Å²) in [4.78, 5) is 4.69. The number of hydrogen-bond acceptors (Lipinski definition) is 3. The van der Waals surface area contributed by atoms with Gasteiger partial charge < -0.3 is 5.32 Å². The average molecular weight is 284 g/mol. The Balaban J connectivity index is 1.70. The van der Waals surface area contributed by atoms with Crippen LogP contribution in [0.5, 0.6) is 0 Å². The Morgan fingerprint density at radius 2 is 2.10 bits per heavy atom. The first-order valence-corrected chi connectivity index (χ1v) is 7.86. The van der Waals surface area contributed by atoms with Crippen LogP contribution >= 0.6 is 0 Å². The Labute approximate surface area is 126 Å². The van der Waals surface area contributed by atoms with Crippen LogP contribution in [0.4, 0.5) is 0 Å². The SMILES string of the molecule is Cc1nc(-n2ccc(C3CC3)n2)ccc1CNCC(C)C. The van der Waals surface area contributed by atoms with Crippen LogP contribution in [0.25, 0.3) is 5.82 Å². The zero-order valence-electron chi connectivity index (χ0n) is 13.1. The maximum absolute atomic E-state index is 4.69. The summed E-state index contributed by atoms with van der Waals surface area (Å²) in [6, 6.07) is 6.33. The van der Waals surface area contributed by atoms with Gasteiger partial charge in [-0.05, 0) is 49.9 Å². The molecule has 2 heterocycles. The third-order valence-electron chi connectivity index (χ3n) is 3.89. The molecule has 1 fully saturated rings. The molecule has 1 aliphatic carbocycles. The number of pyridine rings is 1. The van der Waals surface area contributed by atoms with Crippen molar-refractivity contribution in [2.24, 2.45) is 5.92 Å². The van der Waals surface area contributed by atoms with Gasteiger partial charge >= 0.3 is 0 Å². The Kier molecular flexibility index (Phi) is 4.06. The number of nitrogens with one attached hydrogen (secondary N) is 1. The lowest BCUT2D eigenvalue weighted by molar-refractivity contribution is 0.550. The van der Waals surface area contributed by atoms with Crippen molar-refractivity contribution in [3.8, 4) is 5.82 Å². The standard InChI is InChI=1S/C17H24N4/c1-12(2)10-18-11-15-6-7-17(19-13(15)3)21-9-8-16(20-21)14-4-5-14/h6-9,12,14,18H,4-5,10-11H2,1-3H3. The molecule has 0 bridgehead atoms. The van der Waals surface area contributed by atoms with Gasteiger partial charge in [0, 0.05) is 24.4 Å². The van der Waals surface area contributed by atoms with Gasteiger partial charge in [0.05, 0.1) is 5.69 Å². The molecule has 112 valence electrons. The molecule has 0 atom stereocenters. The minimum Gasteiger partial charge on any atom is -0.312 e. The van der Waals surface area contributed by atoms with E-state index in [-0.39, 0.29) is 0 Å². The van der Waals surface area contributed by atoms with Crippen molar-refractivity contribution in [3.05, 3.63) is 41.3 Å². The highest BCUT2D eigenvalue weighted by Gasteiger charge is 2.25. The van der Waals surface area contributed by atoms with Gasteiger partial charge in [0.25, 0.3) is 0 Å². The van der Waals surface area contributed by atoms with Gasteiger partial charge in [-0.3, -0.25) is 0 Å². The zero-order valence-corrected chi connectivity index (χ0v) is 13.1. The smallest absolute Gasteiger partial charge is 0.153 e. The third-order valence-corrected chi connectivity index (χ3v) is 3.89. The topological polar surface area (TPSA) is 42.7 Å². The number of nitrogens with zero attached hydrogens (tertiary/aromatic N) is 3. The molecule has 0 radical (unpaired) electrons. The van der Waals surface area contributed by atoms with Crippen molar-refractivity contribution in [2.75, 3.05) is 6.54 Å². The minimum atomic E-state index is 0.669. The molecule has 0 unspecified atom stereocenters. The molecule has 0 saturated heterocycles. The molecular weight excluding hydrogens is 260 g/mol. The van der Waals surface area contributed by atoms with Crippen LogP contribution in [-0.2, 0) is 6.54 Å². The summed E-state index contributed by atoms with van der Waals surface area (Å²) in [5, 5.41) is 8.10. The molecule has 0 aliphatic heterocycles. The first-order valence-electron chi connectivity index (χ1n) is 7.86. The largest absolute Gasteiger partial charge is 0.312 e. The summed E-state index contributed by atoms with van der Waals surface area (Å²) < 4.78 is 1.89. The van der Waals surface area contributed by atoms with Crippen molar-refractivity contribution in [1.82, 2.24) is 20.1 Å². The highest BCUT2D eigenvalue weighted by atomic mass is 15.3. The van der Waals surface area contributed by atoms with Crippen LogP contribution in [0.3, 0.4) is 0 Å². The number of hydrogen-bond donors (Lipinski definition) is 1. The predicted molar refractivity (Wildman–Crippen MR) is 84.6 cm³/mol. The first-order chi connectivity index (χ1) is 10.1. The Morgan fingerprint density at radius 3 is 2.76 bits per heavy atom. The molecule has 4 nitrogen and oxygen atoms in total. The molecule has 0 spiro atoms. The van der Waals surface area contributed by atoms with E-state index in [2.05, 4.69) is 49.4 Å². The fourth-order valence-electron chi connectivity index (χ4n) is 2.45. The van der Waals surface area contributed by atoms with Gasteiger partial charge in [0.2, 0.25) is 0 Å². The van der Waals surface area contributed by atoms with E-state index in [4.69, 9.17) is 4.98 Å². The summed E-state index contributed by atoms with van der Waals surface area (Å²) in [5.74, 6) is 2.27. The van der Waals surface area contributed by atoms with Crippen LogP contribution in [0.15, 0.2) is 24.4 Å². The van der Waals surface area contributed by atoms with Gasteiger partial charge in [-0.1, -0.05) is 19.9 Å². The van der Waals surface area contributed by atoms with Crippen LogP contribution in [0, 0.1) is 12.8 Å². The Morgan fingerprint density at radius 1 is 1.29 bits per heavy atom. The quantitative estimate of drug-likeness (QED) is 0.886. The van der Waals surface area contributed by atoms with Crippen LogP contribution in [0.1, 0.15) is 49.6 Å². The van der Waals surface area contributed by atoms with E-state index in [1.165, 1.54) is 24.1 Å². The van der Waals surface area contributed by atoms with Crippen molar-refractivity contribution < 1.29 is 0 Å². The highest BCUT2D eigenvalue weighted by Crippen LogP contribution is 2.38. The molecule has 4 heteroatoms. The predicted octanol–water partition coefficient (Wildman–Crippen LogP) is 3.20. The summed E-state index contributed by atoms with van der Waals surface area (Å²) in [6.45, 7) is 8.42. The average Bonchev–Trinajstić information content (AvgIpc) is 3.18. The molecule has 1 N–H and O–H groups in total. The van der Waals surface area contributed by atoms with E-state index in [1.807, 2.05) is 10.9 Å². The monoisotopic (exact) mass is 284 g/mol. The van der Waals surface area contributed by atoms with Crippen molar-refractivity contribution in [2.45, 2.75) is 46.1 Å². The van der Waals surface area contributed by atoms with Crippen molar-refractivity contribution in [1.29, 1.82) is 0 Å². The second-order valence-corrected chi connectivity index (χ2v) is 6.40. The van der Waals surface area contributed by atoms with Crippen LogP contribution < -0.4 is 5.32 Å². The van der Waals surface area contributed by atoms with Gasteiger partial charge in [0.1, 0.15) is 0 Å². The second kappa shape index (κ2) is 5.98. The lowest BCUT2D eigenvalue weighted by Gasteiger charge is -2.10. The Bertz CT molecular complexity index is 611. The maximum Gasteiger partial charge on any atom is 0.153 e. The highest BCUT2D eigenvalue weighted by molar-refractivity contribution is 5.30. The first kappa shape index (κ1) is 14.3. The molecule has 1 aliphatic rings. The third kappa shape index (κ3) is 3.50. The van der Waals surface area contributed by atoms with Crippen molar-refractivity contribution >= 4 is 0 Å². The molecular formula is C17H24N4. The van der Waals surface area contributed by atoms with E-state index in [9.17, 15) is 0 Å². The fraction of sp³-hybridized carbons (Fsp3) is 0.529. The molecule has 0 amide bonds. The maximum atomic E-state index is 4.69. The molecule has 2 aromatic rings. The summed E-state index contributed by atoms with van der Waals surface area (Å²) in [6.07, 6.45) is 4.58. The Hall–Kier alpha value is -1.68. The van der Waals surface area contributed by atoms with Crippen LogP contribution in [0.2, 0.25) is 0 Å². The lowest BCUT2D eigenvalue weighted by Crippen LogP contribution is -2.19. The summed E-state index contributed by atoms with van der Waals surface area (Å²) in [5.41, 5.74) is 3.54. The second-order valence-electron chi connectivity index (χ2n) is 6.40. The van der Waals surface area contributed by atoms with E-state index < -0.39 is 0 Å². The molecule has 2 aromatic heterocycles. The van der Waals surface area contributed by atoms with E-state index in [0.717, 1.165) is 24.6 Å². The minimum absolute atomic E-state index is 0.669. The number of aromatic nitrogens is 3. The zero-order chi connectivity index (χ0) is 14.8. The molecule has 1 saturated carbocycles. The fourth-order valence-corrected chi connectivity index (χ4v) is 2.45. The molecule has 3 rings (SSSR count). The number of aryl methyl sites for hydroxylation is 1. The van der Waals surface area contributed by atoms with Gasteiger partial charge in [-0.15, -0.1) is 0 Å². The van der Waals surface area contributed by atoms with Gasteiger partial charge in [-0.2, -0.15) is 5.10 Å². The van der Waals surface area contributed by atoms with E-state index >= 15 is 0 Å². The van der Waals surface area contributed by atoms with Crippen LogP contribution in [-0.4, -0.2) is 21.3 Å². The summed E-state index contributed by atoms with van der Waals surface area (Å²) in [7, 11) is 0. The van der Waals surface area contributed by atoms with E-state index in [0.29, 0.717) is 11.8 Å². The van der Waals surface area contributed by atoms with Crippen molar-refractivity contribution in [3.63, 3.8) is 0 Å². The van der Waals surface area contributed by atoms with Gasteiger partial charge in [0.15, 0.2) is 5.82 Å². The number of rotatable bonds is 6. The summed E-state index contributed by atoms with van der Waals surface area (Å²) >= 11 is 0.